The number of halogens is 1. The number of anilines is 1. The van der Waals surface area contributed by atoms with Crippen LogP contribution in [0.25, 0.3) is 0 Å². The molecular weight excluding hydrogens is 312 g/mol. The molecule has 1 fully saturated rings. The monoisotopic (exact) mass is 342 g/mol. The summed E-state index contributed by atoms with van der Waals surface area (Å²) in [6, 6.07) is 1.99. The van der Waals surface area contributed by atoms with Gasteiger partial charge in [0.1, 0.15) is 5.82 Å². The molecule has 5 nitrogen and oxygen atoms in total. The van der Waals surface area contributed by atoms with Crippen molar-refractivity contribution in [3.63, 3.8) is 0 Å². The van der Waals surface area contributed by atoms with Gasteiger partial charge in [0, 0.05) is 19.5 Å². The van der Waals surface area contributed by atoms with Gasteiger partial charge in [0.2, 0.25) is 5.91 Å². The predicted octanol–water partition coefficient (Wildman–Crippen LogP) is 3.15. The van der Waals surface area contributed by atoms with Crippen LogP contribution in [0.5, 0.6) is 0 Å². The lowest BCUT2D eigenvalue weighted by Gasteiger charge is -2.22. The fraction of sp³-hybridized carbons (Fsp3) is 0.765. The zero-order valence-corrected chi connectivity index (χ0v) is 15.6. The minimum absolute atomic E-state index is 0. The quantitative estimate of drug-likeness (QED) is 0.864. The molecule has 1 aromatic rings. The molecule has 1 amide bonds. The van der Waals surface area contributed by atoms with Crippen LogP contribution < -0.4 is 10.6 Å². The average Bonchev–Trinajstić information content (AvgIpc) is 2.75. The van der Waals surface area contributed by atoms with E-state index < -0.39 is 0 Å². The van der Waals surface area contributed by atoms with Crippen molar-refractivity contribution in [3.05, 3.63) is 11.8 Å². The molecule has 132 valence electrons. The Kier molecular flexibility index (Phi) is 7.55. The molecule has 0 atom stereocenters. The number of aryl methyl sites for hydroxylation is 1. The first-order valence-corrected chi connectivity index (χ1v) is 8.37. The predicted molar refractivity (Wildman–Crippen MR) is 97.1 cm³/mol. The van der Waals surface area contributed by atoms with Crippen LogP contribution in [0.15, 0.2) is 6.07 Å². The molecule has 1 aliphatic heterocycles. The third-order valence-corrected chi connectivity index (χ3v) is 4.15. The minimum atomic E-state index is 0. The summed E-state index contributed by atoms with van der Waals surface area (Å²) in [6.07, 6.45) is 4.87. The first-order chi connectivity index (χ1) is 10.3. The van der Waals surface area contributed by atoms with Crippen LogP contribution in [0.1, 0.15) is 52.1 Å². The zero-order chi connectivity index (χ0) is 16.2. The number of hydrogen-bond acceptors (Lipinski definition) is 3. The van der Waals surface area contributed by atoms with E-state index >= 15 is 0 Å². The van der Waals surface area contributed by atoms with Gasteiger partial charge >= 0.3 is 0 Å². The molecule has 0 radical (unpaired) electrons. The van der Waals surface area contributed by atoms with Crippen molar-refractivity contribution in [1.82, 2.24) is 15.1 Å². The first-order valence-electron chi connectivity index (χ1n) is 8.37. The molecule has 0 spiro atoms. The number of carbonyl (C=O) groups is 1. The van der Waals surface area contributed by atoms with Gasteiger partial charge < -0.3 is 10.6 Å². The normalized spacial score (nSPS) is 16.0. The summed E-state index contributed by atoms with van der Waals surface area (Å²) in [5.41, 5.74) is 1.23. The summed E-state index contributed by atoms with van der Waals surface area (Å²) in [5, 5.41) is 10.9. The Hall–Kier alpha value is -1.07. The standard InChI is InChI=1S/C17H30N4O.ClH/c1-17(2,3)12-14-11-15(21(4)20-14)19-16(22)6-5-13-7-9-18-10-8-13;/h11,13,18H,5-10,12H2,1-4H3,(H,19,22);1H. The molecule has 6 heteroatoms. The molecule has 0 aromatic carbocycles. The Labute approximate surface area is 146 Å². The maximum absolute atomic E-state index is 12.1. The van der Waals surface area contributed by atoms with E-state index in [1.807, 2.05) is 13.1 Å². The highest BCUT2D eigenvalue weighted by molar-refractivity contribution is 5.89. The number of aromatic nitrogens is 2. The van der Waals surface area contributed by atoms with Crippen molar-refractivity contribution in [2.45, 2.75) is 52.9 Å². The van der Waals surface area contributed by atoms with Crippen molar-refractivity contribution >= 4 is 24.1 Å². The summed E-state index contributed by atoms with van der Waals surface area (Å²) in [5.74, 6) is 1.59. The van der Waals surface area contributed by atoms with E-state index in [4.69, 9.17) is 0 Å². The van der Waals surface area contributed by atoms with Gasteiger partial charge in [-0.1, -0.05) is 20.8 Å². The van der Waals surface area contributed by atoms with Gasteiger partial charge in [-0.3, -0.25) is 9.48 Å². The number of rotatable bonds is 5. The van der Waals surface area contributed by atoms with Crippen LogP contribution >= 0.6 is 12.4 Å². The van der Waals surface area contributed by atoms with Crippen molar-refractivity contribution in [2.75, 3.05) is 18.4 Å². The van der Waals surface area contributed by atoms with Crippen LogP contribution in [0.3, 0.4) is 0 Å². The number of amides is 1. The molecule has 1 aromatic heterocycles. The van der Waals surface area contributed by atoms with E-state index in [2.05, 4.69) is 36.5 Å². The Balaban J connectivity index is 0.00000264. The first kappa shape index (κ1) is 20.0. The SMILES string of the molecule is Cl.Cn1nc(CC(C)(C)C)cc1NC(=O)CCC1CCNCC1. The van der Waals surface area contributed by atoms with Crippen molar-refractivity contribution < 1.29 is 4.79 Å². The highest BCUT2D eigenvalue weighted by atomic mass is 35.5. The van der Waals surface area contributed by atoms with Crippen LogP contribution in [-0.4, -0.2) is 28.8 Å². The van der Waals surface area contributed by atoms with Crippen LogP contribution in [-0.2, 0) is 18.3 Å². The Morgan fingerprint density at radius 1 is 1.39 bits per heavy atom. The van der Waals surface area contributed by atoms with Crippen molar-refractivity contribution in [3.8, 4) is 0 Å². The van der Waals surface area contributed by atoms with Gasteiger partial charge in [0.25, 0.3) is 0 Å². The second kappa shape index (κ2) is 8.69. The summed E-state index contributed by atoms with van der Waals surface area (Å²) in [4.78, 5) is 12.1. The molecule has 0 aliphatic carbocycles. The van der Waals surface area contributed by atoms with Gasteiger partial charge in [-0.2, -0.15) is 5.10 Å². The number of piperidine rings is 1. The lowest BCUT2D eigenvalue weighted by molar-refractivity contribution is -0.116. The topological polar surface area (TPSA) is 59.0 Å². The van der Waals surface area contributed by atoms with E-state index in [0.29, 0.717) is 12.3 Å². The Bertz CT molecular complexity index is 501. The largest absolute Gasteiger partial charge is 0.317 e. The van der Waals surface area contributed by atoms with Crippen molar-refractivity contribution in [2.24, 2.45) is 18.4 Å². The molecule has 0 bridgehead atoms. The smallest absolute Gasteiger partial charge is 0.225 e. The van der Waals surface area contributed by atoms with Gasteiger partial charge in [-0.05, 0) is 50.1 Å². The fourth-order valence-corrected chi connectivity index (χ4v) is 2.98. The van der Waals surface area contributed by atoms with E-state index in [-0.39, 0.29) is 23.7 Å². The molecule has 23 heavy (non-hydrogen) atoms. The van der Waals surface area contributed by atoms with E-state index in [0.717, 1.165) is 37.4 Å². The molecule has 0 unspecified atom stereocenters. The molecular formula is C17H31ClN4O. The molecule has 2 heterocycles. The summed E-state index contributed by atoms with van der Waals surface area (Å²) >= 11 is 0. The minimum Gasteiger partial charge on any atom is -0.317 e. The Morgan fingerprint density at radius 3 is 2.65 bits per heavy atom. The second-order valence-electron chi connectivity index (χ2n) is 7.66. The highest BCUT2D eigenvalue weighted by Gasteiger charge is 2.17. The molecule has 2 rings (SSSR count). The second-order valence-corrected chi connectivity index (χ2v) is 7.66. The van der Waals surface area contributed by atoms with E-state index in [1.165, 1.54) is 12.8 Å². The van der Waals surface area contributed by atoms with Crippen molar-refractivity contribution in [1.29, 1.82) is 0 Å². The maximum atomic E-state index is 12.1. The maximum Gasteiger partial charge on any atom is 0.225 e. The summed E-state index contributed by atoms with van der Waals surface area (Å²) in [7, 11) is 1.88. The molecule has 2 N–H and O–H groups in total. The highest BCUT2D eigenvalue weighted by Crippen LogP contribution is 2.22. The van der Waals surface area contributed by atoms with Gasteiger partial charge in [0.15, 0.2) is 0 Å². The lowest BCUT2D eigenvalue weighted by Crippen LogP contribution is -2.28. The molecule has 1 aliphatic rings. The van der Waals surface area contributed by atoms with E-state index in [1.54, 1.807) is 4.68 Å². The van der Waals surface area contributed by atoms with Crippen LogP contribution in [0.4, 0.5) is 5.82 Å². The summed E-state index contributed by atoms with van der Waals surface area (Å²) in [6.45, 7) is 8.76. The van der Waals surface area contributed by atoms with Crippen LogP contribution in [0.2, 0.25) is 0 Å². The average molecular weight is 343 g/mol. The van der Waals surface area contributed by atoms with Gasteiger partial charge in [-0.25, -0.2) is 0 Å². The zero-order valence-electron chi connectivity index (χ0n) is 14.8. The molecule has 1 saturated heterocycles. The third-order valence-electron chi connectivity index (χ3n) is 4.15. The Morgan fingerprint density at radius 2 is 2.04 bits per heavy atom. The van der Waals surface area contributed by atoms with E-state index in [9.17, 15) is 4.79 Å². The lowest BCUT2D eigenvalue weighted by atomic mass is 9.91. The van der Waals surface area contributed by atoms with Crippen LogP contribution in [0, 0.1) is 11.3 Å². The number of carbonyl (C=O) groups excluding carboxylic acids is 1. The summed E-state index contributed by atoms with van der Waals surface area (Å²) < 4.78 is 1.77. The third kappa shape index (κ3) is 6.92. The number of nitrogens with one attached hydrogen (secondary N) is 2. The van der Waals surface area contributed by atoms with Gasteiger partial charge in [0.05, 0.1) is 5.69 Å². The molecule has 0 saturated carbocycles. The van der Waals surface area contributed by atoms with Gasteiger partial charge in [-0.15, -0.1) is 12.4 Å². The number of nitrogens with zero attached hydrogens (tertiary/aromatic N) is 2. The number of hydrogen-bond donors (Lipinski definition) is 2. The fourth-order valence-electron chi connectivity index (χ4n) is 2.98.